The Morgan fingerprint density at radius 1 is 1.21 bits per heavy atom. The molecule has 4 rings (SSSR count). The van der Waals surface area contributed by atoms with Crippen molar-refractivity contribution in [2.24, 2.45) is 5.92 Å². The molecule has 1 aromatic heterocycles. The van der Waals surface area contributed by atoms with Gasteiger partial charge in [0.25, 0.3) is 5.91 Å². The van der Waals surface area contributed by atoms with Crippen molar-refractivity contribution in [2.75, 3.05) is 13.2 Å². The summed E-state index contributed by atoms with van der Waals surface area (Å²) in [4.78, 5) is 13.0. The quantitative estimate of drug-likeness (QED) is 0.457. The highest BCUT2D eigenvalue weighted by atomic mass is 32.1. The molecule has 3 atom stereocenters. The molecule has 0 saturated carbocycles. The molecular formula is C26H28FNO4S. The molecule has 174 valence electrons. The van der Waals surface area contributed by atoms with E-state index in [-0.39, 0.29) is 42.5 Å². The van der Waals surface area contributed by atoms with Crippen LogP contribution in [0.15, 0.2) is 65.7 Å². The number of amides is 1. The number of aliphatic hydroxyl groups is 1. The SMILES string of the molecule is CCO[C@H]1OC(C(=O)NCc2ccc(F)cc2)=C[C@@H](c2csc3ccccc23)[C@H]1CCCO. The van der Waals surface area contributed by atoms with Crippen molar-refractivity contribution in [3.8, 4) is 0 Å². The second kappa shape index (κ2) is 10.9. The molecule has 33 heavy (non-hydrogen) atoms. The topological polar surface area (TPSA) is 67.8 Å². The van der Waals surface area contributed by atoms with Gasteiger partial charge in [0, 0.05) is 36.3 Å². The Balaban J connectivity index is 1.64. The van der Waals surface area contributed by atoms with E-state index in [0.29, 0.717) is 19.4 Å². The fraction of sp³-hybridized carbons (Fsp3) is 0.346. The Hall–Kier alpha value is -2.74. The number of hydrogen-bond acceptors (Lipinski definition) is 5. The highest BCUT2D eigenvalue weighted by Gasteiger charge is 2.38. The van der Waals surface area contributed by atoms with Gasteiger partial charge in [-0.15, -0.1) is 11.3 Å². The summed E-state index contributed by atoms with van der Waals surface area (Å²) in [7, 11) is 0. The summed E-state index contributed by atoms with van der Waals surface area (Å²) in [5, 5.41) is 15.6. The maximum Gasteiger partial charge on any atom is 0.286 e. The lowest BCUT2D eigenvalue weighted by Gasteiger charge is -2.36. The third-order valence-corrected chi connectivity index (χ3v) is 6.85. The Morgan fingerprint density at radius 3 is 2.76 bits per heavy atom. The average Bonchev–Trinajstić information content (AvgIpc) is 3.26. The van der Waals surface area contributed by atoms with Crippen LogP contribution in [-0.2, 0) is 20.8 Å². The first-order valence-electron chi connectivity index (χ1n) is 11.2. The zero-order chi connectivity index (χ0) is 23.2. The molecule has 2 N–H and O–H groups in total. The Labute approximate surface area is 196 Å². The minimum atomic E-state index is -0.596. The highest BCUT2D eigenvalue weighted by molar-refractivity contribution is 7.17. The minimum absolute atomic E-state index is 0.0382. The second-order valence-electron chi connectivity index (χ2n) is 8.02. The van der Waals surface area contributed by atoms with E-state index in [4.69, 9.17) is 9.47 Å². The van der Waals surface area contributed by atoms with Gasteiger partial charge in [-0.25, -0.2) is 4.39 Å². The van der Waals surface area contributed by atoms with Crippen LogP contribution in [0.2, 0.25) is 0 Å². The van der Waals surface area contributed by atoms with Crippen LogP contribution in [0.5, 0.6) is 0 Å². The fourth-order valence-electron chi connectivity index (χ4n) is 4.25. The molecule has 7 heteroatoms. The van der Waals surface area contributed by atoms with Crippen LogP contribution < -0.4 is 5.32 Å². The zero-order valence-corrected chi connectivity index (χ0v) is 19.3. The van der Waals surface area contributed by atoms with E-state index < -0.39 is 6.29 Å². The van der Waals surface area contributed by atoms with Gasteiger partial charge in [0.1, 0.15) is 5.82 Å². The third-order valence-electron chi connectivity index (χ3n) is 5.87. The predicted octanol–water partition coefficient (Wildman–Crippen LogP) is 5.11. The van der Waals surface area contributed by atoms with Gasteiger partial charge in [-0.1, -0.05) is 30.3 Å². The monoisotopic (exact) mass is 469 g/mol. The number of hydrogen-bond donors (Lipinski definition) is 2. The lowest BCUT2D eigenvalue weighted by molar-refractivity contribution is -0.166. The Bertz CT molecular complexity index is 1110. The number of ether oxygens (including phenoxy) is 2. The van der Waals surface area contributed by atoms with Gasteiger partial charge < -0.3 is 19.9 Å². The van der Waals surface area contributed by atoms with Crippen LogP contribution in [0.3, 0.4) is 0 Å². The molecule has 2 aromatic carbocycles. The molecule has 3 aromatic rings. The molecular weight excluding hydrogens is 441 g/mol. The number of allylic oxidation sites excluding steroid dienone is 1. The summed E-state index contributed by atoms with van der Waals surface area (Å²) >= 11 is 1.67. The maximum absolute atomic E-state index is 13.2. The average molecular weight is 470 g/mol. The number of benzene rings is 2. The molecule has 0 aliphatic carbocycles. The second-order valence-corrected chi connectivity index (χ2v) is 8.94. The van der Waals surface area contributed by atoms with Crippen LogP contribution in [-0.4, -0.2) is 30.5 Å². The van der Waals surface area contributed by atoms with Gasteiger partial charge in [-0.3, -0.25) is 4.79 Å². The number of carbonyl (C=O) groups excluding carboxylic acids is 1. The molecule has 0 fully saturated rings. The first-order valence-corrected chi connectivity index (χ1v) is 12.1. The number of rotatable bonds is 9. The Morgan fingerprint density at radius 2 is 2.00 bits per heavy atom. The van der Waals surface area contributed by atoms with Crippen molar-refractivity contribution in [2.45, 2.75) is 38.5 Å². The molecule has 5 nitrogen and oxygen atoms in total. The maximum atomic E-state index is 13.2. The first-order chi connectivity index (χ1) is 16.1. The standard InChI is InChI=1S/C26H28FNO4S/c1-2-31-26-20(7-5-13-29)21(22-16-33-24-8-4-3-6-19(22)24)14-23(32-26)25(30)28-15-17-9-11-18(27)12-10-17/h3-4,6,8-12,14,16,20-21,26,29H,2,5,7,13,15H2,1H3,(H,28,30)/t20-,21-,26+/m1/s1. The van der Waals surface area contributed by atoms with Crippen LogP contribution in [0.4, 0.5) is 4.39 Å². The number of aliphatic hydroxyl groups excluding tert-OH is 1. The van der Waals surface area contributed by atoms with E-state index >= 15 is 0 Å². The molecule has 0 unspecified atom stereocenters. The predicted molar refractivity (Wildman–Crippen MR) is 127 cm³/mol. The van der Waals surface area contributed by atoms with Crippen LogP contribution >= 0.6 is 11.3 Å². The van der Waals surface area contributed by atoms with Gasteiger partial charge in [0.15, 0.2) is 5.76 Å². The normalized spacial score (nSPS) is 20.3. The number of carbonyl (C=O) groups is 1. The number of thiophene rings is 1. The van der Waals surface area contributed by atoms with E-state index in [1.165, 1.54) is 16.8 Å². The van der Waals surface area contributed by atoms with Gasteiger partial charge in [-0.2, -0.15) is 0 Å². The first kappa shape index (κ1) is 23.4. The van der Waals surface area contributed by atoms with E-state index in [1.54, 1.807) is 23.5 Å². The fourth-order valence-corrected chi connectivity index (χ4v) is 5.26. The summed E-state index contributed by atoms with van der Waals surface area (Å²) in [5.74, 6) is -0.568. The molecule has 1 aliphatic rings. The summed E-state index contributed by atoms with van der Waals surface area (Å²) in [6.45, 7) is 2.69. The lowest BCUT2D eigenvalue weighted by atomic mass is 9.80. The number of nitrogens with one attached hydrogen (secondary N) is 1. The summed E-state index contributed by atoms with van der Waals surface area (Å²) in [6, 6.07) is 14.2. The van der Waals surface area contributed by atoms with Crippen LogP contribution in [0, 0.1) is 11.7 Å². The van der Waals surface area contributed by atoms with Gasteiger partial charge in [0.2, 0.25) is 6.29 Å². The molecule has 0 saturated heterocycles. The zero-order valence-electron chi connectivity index (χ0n) is 18.5. The van der Waals surface area contributed by atoms with E-state index in [0.717, 1.165) is 16.5 Å². The number of halogens is 1. The minimum Gasteiger partial charge on any atom is -0.459 e. The van der Waals surface area contributed by atoms with Gasteiger partial charge >= 0.3 is 0 Å². The molecule has 0 bridgehead atoms. The smallest absolute Gasteiger partial charge is 0.286 e. The van der Waals surface area contributed by atoms with Gasteiger partial charge in [0.05, 0.1) is 0 Å². The highest BCUT2D eigenvalue weighted by Crippen LogP contribution is 2.43. The van der Waals surface area contributed by atoms with Crippen LogP contribution in [0.1, 0.15) is 36.8 Å². The summed E-state index contributed by atoms with van der Waals surface area (Å²) < 4.78 is 26.3. The molecule has 0 radical (unpaired) electrons. The third kappa shape index (κ3) is 5.43. The van der Waals surface area contributed by atoms with Crippen molar-refractivity contribution in [3.05, 3.63) is 82.7 Å². The van der Waals surface area contributed by atoms with E-state index in [1.807, 2.05) is 25.1 Å². The largest absolute Gasteiger partial charge is 0.459 e. The van der Waals surface area contributed by atoms with Crippen LogP contribution in [0.25, 0.3) is 10.1 Å². The van der Waals surface area contributed by atoms with Crippen molar-refractivity contribution < 1.29 is 23.8 Å². The Kier molecular flexibility index (Phi) is 7.75. The van der Waals surface area contributed by atoms with Crippen molar-refractivity contribution in [3.63, 3.8) is 0 Å². The van der Waals surface area contributed by atoms with Crippen molar-refractivity contribution in [1.29, 1.82) is 0 Å². The van der Waals surface area contributed by atoms with Crippen molar-refractivity contribution in [1.82, 2.24) is 5.32 Å². The molecule has 1 aliphatic heterocycles. The molecule has 0 spiro atoms. The van der Waals surface area contributed by atoms with Gasteiger partial charge in [-0.05, 0) is 65.9 Å². The van der Waals surface area contributed by atoms with E-state index in [2.05, 4.69) is 22.8 Å². The lowest BCUT2D eigenvalue weighted by Crippen LogP contribution is -2.38. The summed E-state index contributed by atoms with van der Waals surface area (Å²) in [6.07, 6.45) is 2.61. The molecule has 1 amide bonds. The van der Waals surface area contributed by atoms with E-state index in [9.17, 15) is 14.3 Å². The van der Waals surface area contributed by atoms with Crippen molar-refractivity contribution >= 4 is 27.3 Å². The summed E-state index contributed by atoms with van der Waals surface area (Å²) in [5.41, 5.74) is 1.93. The molecule has 2 heterocycles. The number of fused-ring (bicyclic) bond motifs is 1.